The van der Waals surface area contributed by atoms with Gasteiger partial charge in [-0.3, -0.25) is 19.2 Å². The second kappa shape index (κ2) is 9.37. The van der Waals surface area contributed by atoms with E-state index in [-0.39, 0.29) is 5.56 Å². The quantitative estimate of drug-likeness (QED) is 0.632. The Bertz CT molecular complexity index is 1290. The number of anilines is 1. The van der Waals surface area contributed by atoms with Crippen molar-refractivity contribution in [2.75, 3.05) is 44.2 Å². The van der Waals surface area contributed by atoms with Gasteiger partial charge in [0.2, 0.25) is 0 Å². The summed E-state index contributed by atoms with van der Waals surface area (Å²) in [4.78, 5) is 25.0. The first-order chi connectivity index (χ1) is 17.1. The van der Waals surface area contributed by atoms with Crippen LogP contribution in [0.2, 0.25) is 0 Å². The van der Waals surface area contributed by atoms with Crippen LogP contribution in [0.25, 0.3) is 11.0 Å². The lowest BCUT2D eigenvalue weighted by molar-refractivity contribution is 0.127. The Balaban J connectivity index is 1.19. The summed E-state index contributed by atoms with van der Waals surface area (Å²) in [7, 11) is 1.81. The lowest BCUT2D eigenvalue weighted by atomic mass is 9.98. The van der Waals surface area contributed by atoms with Gasteiger partial charge in [-0.15, -0.1) is 0 Å². The summed E-state index contributed by atoms with van der Waals surface area (Å²) < 4.78 is 1.65. The first-order valence-corrected chi connectivity index (χ1v) is 13.1. The van der Waals surface area contributed by atoms with Crippen molar-refractivity contribution in [1.82, 2.24) is 24.7 Å². The lowest BCUT2D eigenvalue weighted by Crippen LogP contribution is -2.58. The molecule has 3 aliphatic rings. The minimum Gasteiger partial charge on any atom is -0.368 e. The van der Waals surface area contributed by atoms with Crippen LogP contribution < -0.4 is 15.8 Å². The number of piperazine rings is 1. The molecule has 5 heterocycles. The smallest absolute Gasteiger partial charge is 0.253 e. The zero-order chi connectivity index (χ0) is 23.9. The SMILES string of the molecule is CC1CN(c2cc(=O)n(C)c3ncccc23)CC2CCN(Cc3ccc4c(c3)CNCC4)CCN12. The first kappa shape index (κ1) is 22.7. The molecule has 1 N–H and O–H groups in total. The maximum atomic E-state index is 12.7. The molecule has 6 rings (SSSR count). The van der Waals surface area contributed by atoms with Gasteiger partial charge >= 0.3 is 0 Å². The van der Waals surface area contributed by atoms with Crippen LogP contribution in [0.1, 0.15) is 30.0 Å². The van der Waals surface area contributed by atoms with Crippen LogP contribution in [0.15, 0.2) is 47.4 Å². The van der Waals surface area contributed by atoms with Crippen LogP contribution in [-0.2, 0) is 26.6 Å². The van der Waals surface area contributed by atoms with E-state index in [0.717, 1.165) is 81.9 Å². The highest BCUT2D eigenvalue weighted by molar-refractivity contribution is 5.89. The third-order valence-electron chi connectivity index (χ3n) is 8.28. The highest BCUT2D eigenvalue weighted by Crippen LogP contribution is 2.30. The van der Waals surface area contributed by atoms with Gasteiger partial charge in [0.15, 0.2) is 0 Å². The molecule has 0 amide bonds. The van der Waals surface area contributed by atoms with Crippen molar-refractivity contribution in [3.8, 4) is 0 Å². The van der Waals surface area contributed by atoms with Crippen LogP contribution in [0.3, 0.4) is 0 Å². The van der Waals surface area contributed by atoms with Crippen molar-refractivity contribution in [2.24, 2.45) is 7.05 Å². The van der Waals surface area contributed by atoms with Crippen LogP contribution in [0, 0.1) is 0 Å². The monoisotopic (exact) mass is 472 g/mol. The normalized spacial score (nSPS) is 23.7. The van der Waals surface area contributed by atoms with Crippen molar-refractivity contribution in [2.45, 2.75) is 44.9 Å². The molecule has 0 bridgehead atoms. The predicted octanol–water partition coefficient (Wildman–Crippen LogP) is 2.36. The molecule has 2 saturated heterocycles. The number of nitrogens with one attached hydrogen (secondary N) is 1. The number of aryl methyl sites for hydroxylation is 1. The van der Waals surface area contributed by atoms with E-state index in [1.54, 1.807) is 23.9 Å². The van der Waals surface area contributed by atoms with Gasteiger partial charge in [-0.2, -0.15) is 0 Å². The molecule has 2 atom stereocenters. The molecule has 184 valence electrons. The van der Waals surface area contributed by atoms with Gasteiger partial charge in [0, 0.05) is 82.6 Å². The minimum absolute atomic E-state index is 0.00794. The maximum Gasteiger partial charge on any atom is 0.253 e. The van der Waals surface area contributed by atoms with Crippen molar-refractivity contribution in [3.05, 3.63) is 69.6 Å². The number of aromatic nitrogens is 2. The summed E-state index contributed by atoms with van der Waals surface area (Å²) in [6.45, 7) is 10.7. The van der Waals surface area contributed by atoms with Crippen LogP contribution >= 0.6 is 0 Å². The molecular weight excluding hydrogens is 436 g/mol. The Kier molecular flexibility index (Phi) is 6.08. The molecule has 1 aromatic carbocycles. The molecule has 3 aliphatic heterocycles. The topological polar surface area (TPSA) is 56.6 Å². The molecule has 0 saturated carbocycles. The largest absolute Gasteiger partial charge is 0.368 e. The molecule has 7 heteroatoms. The highest BCUT2D eigenvalue weighted by Gasteiger charge is 2.35. The van der Waals surface area contributed by atoms with Crippen LogP contribution in [0.4, 0.5) is 5.69 Å². The van der Waals surface area contributed by atoms with Crippen LogP contribution in [-0.4, -0.2) is 70.7 Å². The minimum atomic E-state index is 0.00794. The number of hydrogen-bond acceptors (Lipinski definition) is 6. The average Bonchev–Trinajstić information content (AvgIpc) is 3.09. The van der Waals surface area contributed by atoms with Crippen LogP contribution in [0.5, 0.6) is 0 Å². The molecule has 2 aromatic heterocycles. The zero-order valence-electron chi connectivity index (χ0n) is 20.9. The van der Waals surface area contributed by atoms with E-state index in [1.807, 2.05) is 6.07 Å². The van der Waals surface area contributed by atoms with Gasteiger partial charge in [0.05, 0.1) is 5.69 Å². The van der Waals surface area contributed by atoms with E-state index in [4.69, 9.17) is 0 Å². The van der Waals surface area contributed by atoms with Gasteiger partial charge < -0.3 is 10.2 Å². The molecule has 35 heavy (non-hydrogen) atoms. The number of benzene rings is 1. The number of rotatable bonds is 3. The van der Waals surface area contributed by atoms with Gasteiger partial charge in [-0.25, -0.2) is 4.98 Å². The van der Waals surface area contributed by atoms with Crippen molar-refractivity contribution in [3.63, 3.8) is 0 Å². The molecule has 0 aliphatic carbocycles. The summed E-state index contributed by atoms with van der Waals surface area (Å²) in [5, 5.41) is 4.57. The zero-order valence-corrected chi connectivity index (χ0v) is 20.9. The van der Waals surface area contributed by atoms with Crippen molar-refractivity contribution < 1.29 is 0 Å². The van der Waals surface area contributed by atoms with Gasteiger partial charge in [0.1, 0.15) is 5.65 Å². The summed E-state index contributed by atoms with van der Waals surface area (Å²) in [5.41, 5.74) is 6.22. The number of nitrogens with zero attached hydrogens (tertiary/aromatic N) is 5. The van der Waals surface area contributed by atoms with Gasteiger partial charge in [0.25, 0.3) is 5.56 Å². The Morgan fingerprint density at radius 3 is 2.91 bits per heavy atom. The molecule has 2 unspecified atom stereocenters. The van der Waals surface area contributed by atoms with E-state index in [1.165, 1.54) is 16.7 Å². The van der Waals surface area contributed by atoms with Crippen molar-refractivity contribution >= 4 is 16.7 Å². The summed E-state index contributed by atoms with van der Waals surface area (Å²) in [6.07, 6.45) is 4.06. The van der Waals surface area contributed by atoms with Gasteiger partial charge in [-0.05, 0) is 55.1 Å². The molecule has 0 radical (unpaired) electrons. The van der Waals surface area contributed by atoms with Crippen molar-refractivity contribution in [1.29, 1.82) is 0 Å². The fourth-order valence-corrected chi connectivity index (χ4v) is 6.34. The predicted molar refractivity (Wildman–Crippen MR) is 141 cm³/mol. The maximum absolute atomic E-state index is 12.7. The highest BCUT2D eigenvalue weighted by atomic mass is 16.1. The van der Waals surface area contributed by atoms with E-state index in [9.17, 15) is 4.79 Å². The fourth-order valence-electron chi connectivity index (χ4n) is 6.34. The molecule has 3 aromatic rings. The Hall–Kier alpha value is -2.74. The Morgan fingerprint density at radius 2 is 2.00 bits per heavy atom. The third kappa shape index (κ3) is 4.37. The van der Waals surface area contributed by atoms with E-state index < -0.39 is 0 Å². The number of hydrogen-bond donors (Lipinski definition) is 1. The second-order valence-electron chi connectivity index (χ2n) is 10.5. The van der Waals surface area contributed by atoms with Gasteiger partial charge in [-0.1, -0.05) is 18.2 Å². The molecule has 7 nitrogen and oxygen atoms in total. The van der Waals surface area contributed by atoms with E-state index >= 15 is 0 Å². The number of fused-ring (bicyclic) bond motifs is 3. The Labute approximate surface area is 207 Å². The second-order valence-corrected chi connectivity index (χ2v) is 10.5. The molecule has 2 fully saturated rings. The van der Waals surface area contributed by atoms with E-state index in [2.05, 4.69) is 56.2 Å². The number of pyridine rings is 2. The molecule has 0 spiro atoms. The molecular formula is C28H36N6O. The summed E-state index contributed by atoms with van der Waals surface area (Å²) in [6, 6.07) is 13.9. The lowest BCUT2D eigenvalue weighted by Gasteiger charge is -2.46. The summed E-state index contributed by atoms with van der Waals surface area (Å²) >= 11 is 0. The first-order valence-electron chi connectivity index (χ1n) is 13.1. The Morgan fingerprint density at radius 1 is 1.09 bits per heavy atom. The fraction of sp³-hybridized carbons (Fsp3) is 0.500. The average molecular weight is 473 g/mol. The summed E-state index contributed by atoms with van der Waals surface area (Å²) in [5.74, 6) is 0. The van der Waals surface area contributed by atoms with E-state index in [0.29, 0.717) is 12.1 Å². The standard InChI is InChI=1S/C28H36N6O/c1-20-17-33(26-15-27(35)31(2)28-25(26)4-3-9-30-28)19-24-8-11-32(12-13-34(20)24)18-21-5-6-22-7-10-29-16-23(22)14-21/h3-6,9,14-15,20,24,29H,7-8,10-13,16-19H2,1-2H3. The third-order valence-corrected chi connectivity index (χ3v) is 8.28.